The molecule has 0 amide bonds. The summed E-state index contributed by atoms with van der Waals surface area (Å²) in [6.07, 6.45) is 11.0. The molecule has 3 N–H and O–H groups in total. The van der Waals surface area contributed by atoms with E-state index in [1.165, 1.54) is 57.1 Å². The molecule has 2 aromatic rings. The molecular weight excluding hydrogens is 451 g/mol. The number of aliphatic hydroxyl groups excluding tert-OH is 1. The van der Waals surface area contributed by atoms with Gasteiger partial charge in [-0.1, -0.05) is 29.6 Å². The van der Waals surface area contributed by atoms with Crippen LogP contribution < -0.4 is 17.7 Å². The SMILES string of the molecule is OC(c1cc(C23CC4CCC2CC(C4)C3)nc2c(Cl)cc(Cl)cc12)C1CCCC[NH2+]1.[Cl-]. The Labute approximate surface area is 200 Å². The molecule has 6 rings (SSSR count). The first-order valence-corrected chi connectivity index (χ1v) is 12.6. The van der Waals surface area contributed by atoms with Crippen molar-refractivity contribution in [3.05, 3.63) is 39.5 Å². The van der Waals surface area contributed by atoms with E-state index in [0.29, 0.717) is 10.0 Å². The van der Waals surface area contributed by atoms with Crippen molar-refractivity contribution < 1.29 is 22.8 Å². The molecule has 1 aliphatic heterocycles. The van der Waals surface area contributed by atoms with Crippen molar-refractivity contribution in [2.24, 2.45) is 17.8 Å². The van der Waals surface area contributed by atoms with Crippen molar-refractivity contribution in [1.29, 1.82) is 0 Å². The van der Waals surface area contributed by atoms with Crippen LogP contribution in [0.1, 0.15) is 75.1 Å². The summed E-state index contributed by atoms with van der Waals surface area (Å²) in [5, 5.41) is 16.0. The fourth-order valence-electron chi connectivity index (χ4n) is 7.63. The summed E-state index contributed by atoms with van der Waals surface area (Å²) in [5.74, 6) is 2.44. The van der Waals surface area contributed by atoms with Gasteiger partial charge in [-0.15, -0.1) is 0 Å². The molecule has 3 saturated carbocycles. The van der Waals surface area contributed by atoms with Gasteiger partial charge >= 0.3 is 0 Å². The van der Waals surface area contributed by atoms with Crippen molar-refractivity contribution in [1.82, 2.24) is 4.98 Å². The van der Waals surface area contributed by atoms with Gasteiger partial charge in [-0.05, 0) is 86.5 Å². The van der Waals surface area contributed by atoms with Crippen LogP contribution >= 0.6 is 23.2 Å². The van der Waals surface area contributed by atoms with Crippen molar-refractivity contribution in [3.63, 3.8) is 0 Å². The summed E-state index contributed by atoms with van der Waals surface area (Å²) in [6, 6.07) is 6.20. The zero-order chi connectivity index (χ0) is 20.5. The van der Waals surface area contributed by atoms with E-state index in [4.69, 9.17) is 28.2 Å². The zero-order valence-corrected chi connectivity index (χ0v) is 20.1. The van der Waals surface area contributed by atoms with Crippen LogP contribution in [0.3, 0.4) is 0 Å². The molecule has 0 spiro atoms. The second-order valence-corrected chi connectivity index (χ2v) is 11.4. The first kappa shape index (κ1) is 22.2. The molecule has 2 heterocycles. The van der Waals surface area contributed by atoms with Crippen LogP contribution in [0.25, 0.3) is 10.9 Å². The minimum atomic E-state index is -0.515. The van der Waals surface area contributed by atoms with Crippen LogP contribution in [-0.4, -0.2) is 22.7 Å². The summed E-state index contributed by atoms with van der Waals surface area (Å²) in [4.78, 5) is 5.20. The third-order valence-corrected chi connectivity index (χ3v) is 9.36. The number of nitrogens with two attached hydrogens (primary N) is 1. The second kappa shape index (κ2) is 8.33. The predicted octanol–water partition coefficient (Wildman–Crippen LogP) is 2.16. The van der Waals surface area contributed by atoms with Crippen LogP contribution in [0.15, 0.2) is 18.2 Å². The average Bonchev–Trinajstić information content (AvgIpc) is 2.90. The summed E-state index contributed by atoms with van der Waals surface area (Å²) in [7, 11) is 0. The Bertz CT molecular complexity index is 992. The molecule has 1 saturated heterocycles. The maximum absolute atomic E-state index is 11.5. The van der Waals surface area contributed by atoms with Gasteiger partial charge in [-0.2, -0.15) is 0 Å². The molecule has 4 fully saturated rings. The Hall–Kier alpha value is -0.580. The van der Waals surface area contributed by atoms with Crippen LogP contribution in [0.5, 0.6) is 0 Å². The number of pyridine rings is 1. The molecule has 6 atom stereocenters. The summed E-state index contributed by atoms with van der Waals surface area (Å²) in [6.45, 7) is 1.09. The molecular formula is C25H31Cl3N2O. The van der Waals surface area contributed by atoms with Gasteiger partial charge in [0.05, 0.1) is 17.1 Å². The van der Waals surface area contributed by atoms with Gasteiger partial charge < -0.3 is 22.8 Å². The largest absolute Gasteiger partial charge is 1.00 e. The van der Waals surface area contributed by atoms with Crippen LogP contribution in [0.2, 0.25) is 10.0 Å². The van der Waals surface area contributed by atoms with Crippen LogP contribution in [0.4, 0.5) is 0 Å². The summed E-state index contributed by atoms with van der Waals surface area (Å²) < 4.78 is 0. The average molecular weight is 482 g/mol. The molecule has 3 nitrogen and oxygen atoms in total. The van der Waals surface area contributed by atoms with Gasteiger partial charge in [0, 0.05) is 27.9 Å². The lowest BCUT2D eigenvalue weighted by molar-refractivity contribution is -0.705. The van der Waals surface area contributed by atoms with Crippen LogP contribution in [0, 0.1) is 17.8 Å². The fourth-order valence-corrected chi connectivity index (χ4v) is 8.17. The highest BCUT2D eigenvalue weighted by molar-refractivity contribution is 6.38. The van der Waals surface area contributed by atoms with Gasteiger partial charge in [-0.25, -0.2) is 0 Å². The Morgan fingerprint density at radius 3 is 2.68 bits per heavy atom. The maximum Gasteiger partial charge on any atom is 0.131 e. The van der Waals surface area contributed by atoms with Gasteiger partial charge in [0.15, 0.2) is 0 Å². The van der Waals surface area contributed by atoms with Crippen molar-refractivity contribution in [2.75, 3.05) is 6.54 Å². The number of hydrogen-bond donors (Lipinski definition) is 2. The van der Waals surface area contributed by atoms with E-state index in [-0.39, 0.29) is 23.9 Å². The lowest BCUT2D eigenvalue weighted by Crippen LogP contribution is -3.00. The van der Waals surface area contributed by atoms with Gasteiger partial charge in [-0.3, -0.25) is 4.98 Å². The Kier molecular flexibility index (Phi) is 5.97. The molecule has 3 bridgehead atoms. The first-order valence-electron chi connectivity index (χ1n) is 11.8. The van der Waals surface area contributed by atoms with E-state index in [1.807, 2.05) is 6.07 Å². The Morgan fingerprint density at radius 2 is 1.87 bits per heavy atom. The molecule has 168 valence electrons. The van der Waals surface area contributed by atoms with Crippen molar-refractivity contribution in [3.8, 4) is 0 Å². The third kappa shape index (κ3) is 3.60. The second-order valence-electron chi connectivity index (χ2n) is 10.6. The Morgan fingerprint density at radius 1 is 1.03 bits per heavy atom. The van der Waals surface area contributed by atoms with E-state index in [2.05, 4.69) is 11.4 Å². The van der Waals surface area contributed by atoms with E-state index < -0.39 is 6.10 Å². The third-order valence-electron chi connectivity index (χ3n) is 8.85. The molecule has 4 aliphatic rings. The number of aliphatic hydroxyl groups is 1. The standard InChI is InChI=1S/C25H30Cl2N2O.ClH/c26-17-9-18-19(24(30)21-3-1-2-6-28-21)11-22(29-23(18)20(27)10-17)25-12-14-4-5-16(25)8-15(7-14)13-25;/h9-11,14-16,21,24,28,30H,1-8,12-13H2;1H. The predicted molar refractivity (Wildman–Crippen MR) is 121 cm³/mol. The van der Waals surface area contributed by atoms with Gasteiger partial charge in [0.2, 0.25) is 0 Å². The number of hydrogen-bond acceptors (Lipinski definition) is 2. The number of fused-ring (bicyclic) bond motifs is 3. The summed E-state index contributed by atoms with van der Waals surface area (Å²) in [5.41, 5.74) is 3.19. The number of aromatic nitrogens is 1. The summed E-state index contributed by atoms with van der Waals surface area (Å²) >= 11 is 13.1. The lowest BCUT2D eigenvalue weighted by Gasteiger charge is -2.45. The number of rotatable bonds is 3. The maximum atomic E-state index is 11.5. The number of piperidine rings is 1. The van der Waals surface area contributed by atoms with Gasteiger partial charge in [0.1, 0.15) is 12.1 Å². The molecule has 1 aromatic heterocycles. The number of benzene rings is 1. The highest BCUT2D eigenvalue weighted by Crippen LogP contribution is 2.63. The van der Waals surface area contributed by atoms with Crippen molar-refractivity contribution in [2.45, 2.75) is 75.3 Å². The topological polar surface area (TPSA) is 49.7 Å². The Balaban J connectivity index is 0.00000204. The van der Waals surface area contributed by atoms with E-state index >= 15 is 0 Å². The lowest BCUT2D eigenvalue weighted by atomic mass is 9.60. The monoisotopic (exact) mass is 480 g/mol. The van der Waals surface area contributed by atoms with E-state index in [9.17, 15) is 5.11 Å². The quantitative estimate of drug-likeness (QED) is 0.706. The highest BCUT2D eigenvalue weighted by Gasteiger charge is 2.56. The van der Waals surface area contributed by atoms with Crippen LogP contribution in [-0.2, 0) is 5.41 Å². The molecule has 6 heteroatoms. The fraction of sp³-hybridized carbons (Fsp3) is 0.640. The molecule has 6 unspecified atom stereocenters. The zero-order valence-electron chi connectivity index (χ0n) is 17.8. The minimum absolute atomic E-state index is 0. The normalized spacial score (nSPS) is 35.2. The molecule has 1 aromatic carbocycles. The smallest absolute Gasteiger partial charge is 0.131 e. The number of quaternary nitrogens is 1. The minimum Gasteiger partial charge on any atom is -1.00 e. The highest BCUT2D eigenvalue weighted by atomic mass is 35.5. The molecule has 31 heavy (non-hydrogen) atoms. The first-order chi connectivity index (χ1) is 14.5. The molecule has 0 radical (unpaired) electrons. The van der Waals surface area contributed by atoms with E-state index in [1.54, 1.807) is 6.07 Å². The number of nitrogens with zero attached hydrogens (tertiary/aromatic N) is 1. The molecule has 3 aliphatic carbocycles. The van der Waals surface area contributed by atoms with E-state index in [0.717, 1.165) is 47.2 Å². The number of halogens is 3. The van der Waals surface area contributed by atoms with Crippen molar-refractivity contribution >= 4 is 34.1 Å². The van der Waals surface area contributed by atoms with Gasteiger partial charge in [0.25, 0.3) is 0 Å².